The van der Waals surface area contributed by atoms with Crippen LogP contribution < -0.4 is 5.56 Å². The first-order valence-electron chi connectivity index (χ1n) is 6.11. The maximum atomic E-state index is 12.1. The first-order chi connectivity index (χ1) is 9.65. The minimum Gasteiger partial charge on any atom is -0.478 e. The number of carboxylic acids is 1. The monoisotopic (exact) mass is 265 g/mol. The van der Waals surface area contributed by atoms with Crippen LogP contribution in [-0.4, -0.2) is 16.1 Å². The highest BCUT2D eigenvalue weighted by Gasteiger charge is 2.08. The van der Waals surface area contributed by atoms with Gasteiger partial charge in [-0.3, -0.25) is 4.79 Å². The first kappa shape index (κ1) is 12.2. The molecule has 0 saturated heterocycles. The molecule has 0 aliphatic heterocycles. The van der Waals surface area contributed by atoms with Crippen molar-refractivity contribution in [2.24, 2.45) is 0 Å². The highest BCUT2D eigenvalue weighted by molar-refractivity contribution is 5.90. The molecule has 4 heteroatoms. The molecule has 0 atom stereocenters. The number of carbonyl (C=O) groups is 1. The van der Waals surface area contributed by atoms with Gasteiger partial charge in [-0.2, -0.15) is 0 Å². The van der Waals surface area contributed by atoms with Crippen molar-refractivity contribution in [2.45, 2.75) is 0 Å². The van der Waals surface area contributed by atoms with Gasteiger partial charge in [-0.05, 0) is 35.2 Å². The molecule has 0 amide bonds. The van der Waals surface area contributed by atoms with Gasteiger partial charge < -0.3 is 10.1 Å². The molecule has 0 radical (unpaired) electrons. The molecular weight excluding hydrogens is 254 g/mol. The smallest absolute Gasteiger partial charge is 0.335 e. The Morgan fingerprint density at radius 3 is 2.60 bits per heavy atom. The molecule has 98 valence electrons. The van der Waals surface area contributed by atoms with Gasteiger partial charge in [-0.15, -0.1) is 0 Å². The summed E-state index contributed by atoms with van der Waals surface area (Å²) in [5.74, 6) is -1.01. The molecule has 0 saturated carbocycles. The van der Waals surface area contributed by atoms with E-state index in [1.165, 1.54) is 12.1 Å². The van der Waals surface area contributed by atoms with Gasteiger partial charge in [-0.25, -0.2) is 4.79 Å². The largest absolute Gasteiger partial charge is 0.478 e. The van der Waals surface area contributed by atoms with Gasteiger partial charge in [0.15, 0.2) is 0 Å². The number of carboxylic acid groups (broad SMARTS) is 1. The van der Waals surface area contributed by atoms with E-state index in [1.54, 1.807) is 18.2 Å². The van der Waals surface area contributed by atoms with Crippen LogP contribution >= 0.6 is 0 Å². The Morgan fingerprint density at radius 1 is 1.00 bits per heavy atom. The average Bonchev–Trinajstić information content (AvgIpc) is 2.46. The zero-order valence-corrected chi connectivity index (χ0v) is 10.5. The van der Waals surface area contributed by atoms with Crippen LogP contribution in [0.15, 0.2) is 59.4 Å². The number of aromatic nitrogens is 1. The molecule has 4 nitrogen and oxygen atoms in total. The third-order valence-electron chi connectivity index (χ3n) is 3.17. The summed E-state index contributed by atoms with van der Waals surface area (Å²) in [5.41, 5.74) is 1.75. The van der Waals surface area contributed by atoms with Crippen LogP contribution in [0.4, 0.5) is 0 Å². The van der Waals surface area contributed by atoms with Crippen molar-refractivity contribution in [2.75, 3.05) is 0 Å². The molecule has 0 spiro atoms. The molecule has 0 bridgehead atoms. The number of hydrogen-bond acceptors (Lipinski definition) is 2. The Morgan fingerprint density at radius 2 is 1.80 bits per heavy atom. The SMILES string of the molecule is O=C(O)c1cccc(-c2cc3ccccc3[nH]c2=O)c1. The quantitative estimate of drug-likeness (QED) is 0.748. The molecular formula is C16H11NO3. The lowest BCUT2D eigenvalue weighted by molar-refractivity contribution is 0.0697. The molecule has 3 aromatic rings. The van der Waals surface area contributed by atoms with E-state index in [1.807, 2.05) is 24.3 Å². The van der Waals surface area contributed by atoms with Crippen LogP contribution in [0.2, 0.25) is 0 Å². The number of benzene rings is 2. The van der Waals surface area contributed by atoms with Gasteiger partial charge in [0.25, 0.3) is 5.56 Å². The van der Waals surface area contributed by atoms with Crippen molar-refractivity contribution in [1.82, 2.24) is 4.98 Å². The maximum absolute atomic E-state index is 12.1. The van der Waals surface area contributed by atoms with Gasteiger partial charge >= 0.3 is 5.97 Å². The number of H-pyrrole nitrogens is 1. The minimum absolute atomic E-state index is 0.162. The second-order valence-electron chi connectivity index (χ2n) is 4.49. The van der Waals surface area contributed by atoms with Crippen LogP contribution in [-0.2, 0) is 0 Å². The summed E-state index contributed by atoms with van der Waals surface area (Å²) in [6.07, 6.45) is 0. The number of aromatic carboxylic acids is 1. The number of nitrogens with one attached hydrogen (secondary N) is 1. The van der Waals surface area contributed by atoms with E-state index in [9.17, 15) is 9.59 Å². The number of rotatable bonds is 2. The maximum Gasteiger partial charge on any atom is 0.335 e. The van der Waals surface area contributed by atoms with Crippen LogP contribution in [0, 0.1) is 0 Å². The Labute approximate surface area is 114 Å². The van der Waals surface area contributed by atoms with E-state index in [0.717, 1.165) is 10.9 Å². The van der Waals surface area contributed by atoms with E-state index < -0.39 is 5.97 Å². The van der Waals surface area contributed by atoms with Crippen LogP contribution in [0.25, 0.3) is 22.0 Å². The number of pyridine rings is 1. The number of para-hydroxylation sites is 1. The number of hydrogen-bond donors (Lipinski definition) is 2. The topological polar surface area (TPSA) is 70.2 Å². The predicted octanol–water partition coefficient (Wildman–Crippen LogP) is 2.89. The Hall–Kier alpha value is -2.88. The zero-order chi connectivity index (χ0) is 14.1. The molecule has 2 aromatic carbocycles. The second-order valence-corrected chi connectivity index (χ2v) is 4.49. The molecule has 1 heterocycles. The van der Waals surface area contributed by atoms with Crippen molar-refractivity contribution in [3.63, 3.8) is 0 Å². The lowest BCUT2D eigenvalue weighted by Crippen LogP contribution is -2.09. The van der Waals surface area contributed by atoms with Crippen molar-refractivity contribution in [3.05, 3.63) is 70.5 Å². The van der Waals surface area contributed by atoms with E-state index in [0.29, 0.717) is 11.1 Å². The van der Waals surface area contributed by atoms with Crippen molar-refractivity contribution in [1.29, 1.82) is 0 Å². The summed E-state index contributed by atoms with van der Waals surface area (Å²) in [6.45, 7) is 0. The summed E-state index contributed by atoms with van der Waals surface area (Å²) < 4.78 is 0. The molecule has 1 aromatic heterocycles. The summed E-state index contributed by atoms with van der Waals surface area (Å²) >= 11 is 0. The third kappa shape index (κ3) is 2.07. The van der Waals surface area contributed by atoms with Gasteiger partial charge in [0, 0.05) is 11.1 Å². The summed E-state index contributed by atoms with van der Waals surface area (Å²) in [6, 6.07) is 15.6. The molecule has 0 aliphatic carbocycles. The van der Waals surface area contributed by atoms with Crippen LogP contribution in [0.3, 0.4) is 0 Å². The Balaban J connectivity index is 2.24. The summed E-state index contributed by atoms with van der Waals surface area (Å²) in [5, 5.41) is 9.92. The summed E-state index contributed by atoms with van der Waals surface area (Å²) in [7, 11) is 0. The molecule has 0 fully saturated rings. The summed E-state index contributed by atoms with van der Waals surface area (Å²) in [4.78, 5) is 25.9. The highest BCUT2D eigenvalue weighted by Crippen LogP contribution is 2.20. The number of fused-ring (bicyclic) bond motifs is 1. The van der Waals surface area contributed by atoms with Crippen molar-refractivity contribution in [3.8, 4) is 11.1 Å². The van der Waals surface area contributed by atoms with Gasteiger partial charge in [-0.1, -0.05) is 30.3 Å². The molecule has 0 unspecified atom stereocenters. The van der Waals surface area contributed by atoms with Gasteiger partial charge in [0.1, 0.15) is 0 Å². The fraction of sp³-hybridized carbons (Fsp3) is 0. The zero-order valence-electron chi connectivity index (χ0n) is 10.5. The standard InChI is InChI=1S/C16H11NO3/c18-15-13(9-11-4-1-2-7-14(11)17-15)10-5-3-6-12(8-10)16(19)20/h1-9H,(H,17,18)(H,19,20). The second kappa shape index (κ2) is 4.66. The normalized spacial score (nSPS) is 10.6. The first-order valence-corrected chi connectivity index (χ1v) is 6.11. The molecule has 20 heavy (non-hydrogen) atoms. The lowest BCUT2D eigenvalue weighted by Gasteiger charge is -2.04. The van der Waals surface area contributed by atoms with Crippen LogP contribution in [0.5, 0.6) is 0 Å². The fourth-order valence-corrected chi connectivity index (χ4v) is 2.18. The molecule has 0 aliphatic rings. The predicted molar refractivity (Wildman–Crippen MR) is 77.0 cm³/mol. The van der Waals surface area contributed by atoms with Gasteiger partial charge in [0.2, 0.25) is 0 Å². The van der Waals surface area contributed by atoms with E-state index >= 15 is 0 Å². The minimum atomic E-state index is -1.01. The average molecular weight is 265 g/mol. The lowest BCUT2D eigenvalue weighted by atomic mass is 10.0. The fourth-order valence-electron chi connectivity index (χ4n) is 2.18. The van der Waals surface area contributed by atoms with E-state index in [-0.39, 0.29) is 11.1 Å². The molecule has 3 rings (SSSR count). The highest BCUT2D eigenvalue weighted by atomic mass is 16.4. The van der Waals surface area contributed by atoms with E-state index in [2.05, 4.69) is 4.98 Å². The van der Waals surface area contributed by atoms with E-state index in [4.69, 9.17) is 5.11 Å². The van der Waals surface area contributed by atoms with Gasteiger partial charge in [0.05, 0.1) is 5.56 Å². The Kier molecular flexibility index (Phi) is 2.84. The van der Waals surface area contributed by atoms with Crippen molar-refractivity contribution < 1.29 is 9.90 Å². The van der Waals surface area contributed by atoms with Crippen molar-refractivity contribution >= 4 is 16.9 Å². The third-order valence-corrected chi connectivity index (χ3v) is 3.17. The number of aromatic amines is 1. The molecule has 2 N–H and O–H groups in total. The Bertz CT molecular complexity index is 865. The van der Waals surface area contributed by atoms with Crippen LogP contribution in [0.1, 0.15) is 10.4 Å².